The van der Waals surface area contributed by atoms with Crippen molar-refractivity contribution in [3.05, 3.63) is 54.5 Å². The van der Waals surface area contributed by atoms with Gasteiger partial charge in [-0.3, -0.25) is 9.36 Å². The van der Waals surface area contributed by atoms with Crippen molar-refractivity contribution in [2.45, 2.75) is 26.8 Å². The fraction of sp³-hybridized carbons (Fsp3) is 0.278. The lowest BCUT2D eigenvalue weighted by molar-refractivity contribution is -0.124. The lowest BCUT2D eigenvalue weighted by Gasteiger charge is -2.10. The number of aromatic nitrogens is 3. The van der Waals surface area contributed by atoms with E-state index in [1.807, 2.05) is 54.8 Å². The summed E-state index contributed by atoms with van der Waals surface area (Å²) in [6.07, 6.45) is 4.41. The van der Waals surface area contributed by atoms with E-state index < -0.39 is 0 Å². The summed E-state index contributed by atoms with van der Waals surface area (Å²) in [5.74, 6) is 0.937. The molecule has 3 rings (SSSR count). The van der Waals surface area contributed by atoms with E-state index in [-0.39, 0.29) is 11.8 Å². The Morgan fingerprint density at radius 1 is 1.22 bits per heavy atom. The number of pyridine rings is 1. The molecule has 0 bridgehead atoms. The largest absolute Gasteiger partial charge is 0.352 e. The second-order valence-corrected chi connectivity index (χ2v) is 5.66. The first kappa shape index (κ1) is 15.2. The molecule has 1 amide bonds. The van der Waals surface area contributed by atoms with Crippen LogP contribution in [0.5, 0.6) is 0 Å². The first-order chi connectivity index (χ1) is 11.2. The van der Waals surface area contributed by atoms with Gasteiger partial charge in [-0.05, 0) is 30.2 Å². The van der Waals surface area contributed by atoms with Gasteiger partial charge in [0.25, 0.3) is 0 Å². The molecule has 118 valence electrons. The molecule has 23 heavy (non-hydrogen) atoms. The van der Waals surface area contributed by atoms with Gasteiger partial charge in [-0.1, -0.05) is 32.0 Å². The molecule has 0 aliphatic heterocycles. The molecule has 5 heteroatoms. The van der Waals surface area contributed by atoms with Gasteiger partial charge < -0.3 is 5.32 Å². The van der Waals surface area contributed by atoms with Crippen LogP contribution in [0, 0.1) is 5.92 Å². The number of rotatable bonds is 5. The van der Waals surface area contributed by atoms with Gasteiger partial charge in [0, 0.05) is 18.7 Å². The van der Waals surface area contributed by atoms with Gasteiger partial charge in [0.05, 0.1) is 11.0 Å². The van der Waals surface area contributed by atoms with Gasteiger partial charge in [0.1, 0.15) is 12.1 Å². The maximum atomic E-state index is 11.8. The molecule has 2 aromatic heterocycles. The molecule has 0 aliphatic rings. The third-order valence-electron chi connectivity index (χ3n) is 4.04. The van der Waals surface area contributed by atoms with Crippen LogP contribution in [0.1, 0.15) is 25.8 Å². The van der Waals surface area contributed by atoms with Crippen LogP contribution in [0.2, 0.25) is 0 Å². The van der Waals surface area contributed by atoms with Gasteiger partial charge in [-0.15, -0.1) is 0 Å². The molecular weight excluding hydrogens is 288 g/mol. The zero-order chi connectivity index (χ0) is 16.2. The summed E-state index contributed by atoms with van der Waals surface area (Å²) < 4.78 is 1.96. The van der Waals surface area contributed by atoms with Gasteiger partial charge >= 0.3 is 0 Å². The molecule has 5 nitrogen and oxygen atoms in total. The van der Waals surface area contributed by atoms with Crippen molar-refractivity contribution in [2.24, 2.45) is 5.92 Å². The average molecular weight is 308 g/mol. The SMILES string of the molecule is CC[C@H](C)C(=O)NCc1ccc(-n2cnc3ccccc32)nc1. The van der Waals surface area contributed by atoms with Crippen molar-refractivity contribution < 1.29 is 4.79 Å². The van der Waals surface area contributed by atoms with E-state index >= 15 is 0 Å². The van der Waals surface area contributed by atoms with Crippen LogP contribution in [-0.2, 0) is 11.3 Å². The van der Waals surface area contributed by atoms with E-state index in [1.165, 1.54) is 0 Å². The summed E-state index contributed by atoms with van der Waals surface area (Å²) in [7, 11) is 0. The Kier molecular flexibility index (Phi) is 4.37. The van der Waals surface area contributed by atoms with E-state index in [2.05, 4.69) is 15.3 Å². The predicted molar refractivity (Wildman–Crippen MR) is 90.2 cm³/mol. The highest BCUT2D eigenvalue weighted by Crippen LogP contribution is 2.16. The first-order valence-electron chi connectivity index (χ1n) is 7.84. The summed E-state index contributed by atoms with van der Waals surface area (Å²) in [6.45, 7) is 4.44. The Morgan fingerprint density at radius 3 is 2.78 bits per heavy atom. The maximum absolute atomic E-state index is 11.8. The highest BCUT2D eigenvalue weighted by Gasteiger charge is 2.10. The first-order valence-corrected chi connectivity index (χ1v) is 7.84. The topological polar surface area (TPSA) is 59.8 Å². The maximum Gasteiger partial charge on any atom is 0.223 e. The number of imidazole rings is 1. The number of hydrogen-bond acceptors (Lipinski definition) is 3. The minimum Gasteiger partial charge on any atom is -0.352 e. The smallest absolute Gasteiger partial charge is 0.223 e. The third-order valence-corrected chi connectivity index (χ3v) is 4.04. The molecule has 0 radical (unpaired) electrons. The predicted octanol–water partition coefficient (Wildman–Crippen LogP) is 3.08. The molecule has 1 atom stereocenters. The number of carbonyl (C=O) groups is 1. The van der Waals surface area contributed by atoms with Crippen LogP contribution in [0.4, 0.5) is 0 Å². The zero-order valence-corrected chi connectivity index (χ0v) is 13.4. The molecule has 1 aromatic carbocycles. The van der Waals surface area contributed by atoms with Crippen molar-refractivity contribution >= 4 is 16.9 Å². The Hall–Kier alpha value is -2.69. The Morgan fingerprint density at radius 2 is 2.04 bits per heavy atom. The summed E-state index contributed by atoms with van der Waals surface area (Å²) in [5, 5.41) is 2.94. The molecule has 0 saturated heterocycles. The Balaban J connectivity index is 1.73. The fourth-order valence-corrected chi connectivity index (χ4v) is 2.35. The van der Waals surface area contributed by atoms with Gasteiger partial charge in [0.2, 0.25) is 5.91 Å². The van der Waals surface area contributed by atoms with Gasteiger partial charge in [-0.25, -0.2) is 9.97 Å². The molecular formula is C18H20N4O. The van der Waals surface area contributed by atoms with E-state index in [9.17, 15) is 4.79 Å². The van der Waals surface area contributed by atoms with Crippen LogP contribution in [0.25, 0.3) is 16.9 Å². The monoisotopic (exact) mass is 308 g/mol. The highest BCUT2D eigenvalue weighted by molar-refractivity contribution is 5.78. The number of para-hydroxylation sites is 2. The standard InChI is InChI=1S/C18H20N4O/c1-3-13(2)18(23)20-11-14-8-9-17(19-10-14)22-12-21-15-6-4-5-7-16(15)22/h4-10,12-13H,3,11H2,1-2H3,(H,20,23)/t13-/m0/s1. The highest BCUT2D eigenvalue weighted by atomic mass is 16.1. The molecule has 1 N–H and O–H groups in total. The number of amides is 1. The van der Waals surface area contributed by atoms with E-state index in [1.54, 1.807) is 12.5 Å². The summed E-state index contributed by atoms with van der Waals surface area (Å²) >= 11 is 0. The quantitative estimate of drug-likeness (QED) is 0.788. The van der Waals surface area contributed by atoms with Crippen molar-refractivity contribution in [3.8, 4) is 5.82 Å². The van der Waals surface area contributed by atoms with Gasteiger partial charge in [0.15, 0.2) is 0 Å². The normalized spacial score (nSPS) is 12.3. The van der Waals surface area contributed by atoms with Crippen LogP contribution >= 0.6 is 0 Å². The van der Waals surface area contributed by atoms with E-state index in [0.717, 1.165) is 28.8 Å². The molecule has 0 saturated carbocycles. The van der Waals surface area contributed by atoms with Gasteiger partial charge in [-0.2, -0.15) is 0 Å². The molecule has 0 spiro atoms. The van der Waals surface area contributed by atoms with E-state index in [4.69, 9.17) is 0 Å². The Labute approximate surface area is 135 Å². The third kappa shape index (κ3) is 3.23. The molecule has 0 unspecified atom stereocenters. The molecule has 0 fully saturated rings. The van der Waals surface area contributed by atoms with Crippen molar-refractivity contribution in [2.75, 3.05) is 0 Å². The van der Waals surface area contributed by atoms with Crippen LogP contribution < -0.4 is 5.32 Å². The summed E-state index contributed by atoms with van der Waals surface area (Å²) in [5.41, 5.74) is 2.95. The number of fused-ring (bicyclic) bond motifs is 1. The second kappa shape index (κ2) is 6.60. The molecule has 0 aliphatic carbocycles. The minimum atomic E-state index is 0.0412. The molecule has 2 heterocycles. The number of nitrogens with one attached hydrogen (secondary N) is 1. The van der Waals surface area contributed by atoms with E-state index in [0.29, 0.717) is 6.54 Å². The van der Waals surface area contributed by atoms with Crippen LogP contribution in [-0.4, -0.2) is 20.4 Å². The van der Waals surface area contributed by atoms with Crippen molar-refractivity contribution in [1.82, 2.24) is 19.9 Å². The van der Waals surface area contributed by atoms with Crippen LogP contribution in [0.15, 0.2) is 48.9 Å². The summed E-state index contributed by atoms with van der Waals surface area (Å²) in [4.78, 5) is 20.7. The number of hydrogen-bond donors (Lipinski definition) is 1. The Bertz CT molecular complexity index is 807. The lowest BCUT2D eigenvalue weighted by Crippen LogP contribution is -2.28. The average Bonchev–Trinajstić information content (AvgIpc) is 3.03. The zero-order valence-electron chi connectivity index (χ0n) is 13.4. The second-order valence-electron chi connectivity index (χ2n) is 5.66. The number of carbonyl (C=O) groups excluding carboxylic acids is 1. The number of nitrogens with zero attached hydrogens (tertiary/aromatic N) is 3. The fourth-order valence-electron chi connectivity index (χ4n) is 2.35. The summed E-state index contributed by atoms with van der Waals surface area (Å²) in [6, 6.07) is 11.9. The van der Waals surface area contributed by atoms with Crippen molar-refractivity contribution in [3.63, 3.8) is 0 Å². The lowest BCUT2D eigenvalue weighted by atomic mass is 10.1. The molecule has 3 aromatic rings. The minimum absolute atomic E-state index is 0.0412. The van der Waals surface area contributed by atoms with Crippen LogP contribution in [0.3, 0.4) is 0 Å². The number of benzene rings is 1. The van der Waals surface area contributed by atoms with Crippen molar-refractivity contribution in [1.29, 1.82) is 0 Å².